The lowest BCUT2D eigenvalue weighted by Gasteiger charge is -2.22. The highest BCUT2D eigenvalue weighted by molar-refractivity contribution is 5.59. The maximum atomic E-state index is 5.95. The van der Waals surface area contributed by atoms with E-state index < -0.39 is 0 Å². The number of H-pyrrole nitrogens is 1. The van der Waals surface area contributed by atoms with Gasteiger partial charge in [0.15, 0.2) is 5.82 Å². The fourth-order valence-corrected chi connectivity index (χ4v) is 2.07. The van der Waals surface area contributed by atoms with Crippen LogP contribution >= 0.6 is 0 Å². The summed E-state index contributed by atoms with van der Waals surface area (Å²) in [5, 5.41) is 0. The zero-order valence-corrected chi connectivity index (χ0v) is 11.2. The average Bonchev–Trinajstić information content (AvgIpc) is 2.67. The van der Waals surface area contributed by atoms with Crippen LogP contribution in [0.15, 0.2) is 24.3 Å². The van der Waals surface area contributed by atoms with Crippen molar-refractivity contribution in [2.75, 3.05) is 17.2 Å². The first kappa shape index (κ1) is 12.5. The number of hydrogen-bond donors (Lipinski definition) is 2. The van der Waals surface area contributed by atoms with Crippen LogP contribution in [-0.4, -0.2) is 16.5 Å². The number of nitrogens with one attached hydrogen (secondary N) is 1. The lowest BCUT2D eigenvalue weighted by Crippen LogP contribution is -2.23. The number of anilines is 2. The summed E-state index contributed by atoms with van der Waals surface area (Å²) in [7, 11) is 0. The van der Waals surface area contributed by atoms with E-state index in [4.69, 9.17) is 5.73 Å². The molecule has 0 aliphatic carbocycles. The lowest BCUT2D eigenvalue weighted by molar-refractivity contribution is 0.813. The Balaban J connectivity index is 2.25. The molecular formula is C14H20N4. The Labute approximate surface area is 108 Å². The summed E-state index contributed by atoms with van der Waals surface area (Å²) >= 11 is 0. The summed E-state index contributed by atoms with van der Waals surface area (Å²) in [6.45, 7) is 7.87. The van der Waals surface area contributed by atoms with E-state index in [1.165, 1.54) is 11.1 Å². The molecule has 18 heavy (non-hydrogen) atoms. The first-order valence-corrected chi connectivity index (χ1v) is 6.23. The van der Waals surface area contributed by atoms with Crippen molar-refractivity contribution in [3.63, 3.8) is 0 Å². The Morgan fingerprint density at radius 2 is 2.00 bits per heavy atom. The minimum absolute atomic E-state index is 0.642. The molecule has 96 valence electrons. The van der Waals surface area contributed by atoms with Crippen molar-refractivity contribution in [2.24, 2.45) is 0 Å². The minimum atomic E-state index is 0.642. The molecule has 2 rings (SSSR count). The normalized spacial score (nSPS) is 10.6. The third kappa shape index (κ3) is 2.47. The standard InChI is InChI=1S/C14H20N4/c1-4-18(14-13(15)16-11(3)17-14)9-12-8-6-5-7-10(12)2/h5-8H,4,9,15H2,1-3H3,(H,16,17). The second-order valence-electron chi connectivity index (χ2n) is 4.50. The van der Waals surface area contributed by atoms with E-state index in [1.807, 2.05) is 6.92 Å². The summed E-state index contributed by atoms with van der Waals surface area (Å²) in [6, 6.07) is 8.40. The van der Waals surface area contributed by atoms with E-state index in [0.29, 0.717) is 5.82 Å². The van der Waals surface area contributed by atoms with Crippen LogP contribution in [0.25, 0.3) is 0 Å². The predicted octanol–water partition coefficient (Wildman–Crippen LogP) is 2.64. The quantitative estimate of drug-likeness (QED) is 0.869. The van der Waals surface area contributed by atoms with Gasteiger partial charge in [-0.05, 0) is 31.9 Å². The SMILES string of the molecule is CCN(Cc1ccccc1C)c1nc(C)[nH]c1N. The molecular weight excluding hydrogens is 224 g/mol. The smallest absolute Gasteiger partial charge is 0.171 e. The van der Waals surface area contributed by atoms with Crippen LogP contribution in [-0.2, 0) is 6.54 Å². The Morgan fingerprint density at radius 1 is 1.28 bits per heavy atom. The van der Waals surface area contributed by atoms with Crippen LogP contribution in [0.5, 0.6) is 0 Å². The first-order chi connectivity index (χ1) is 8.61. The van der Waals surface area contributed by atoms with Crippen molar-refractivity contribution in [3.05, 3.63) is 41.2 Å². The van der Waals surface area contributed by atoms with Crippen molar-refractivity contribution in [2.45, 2.75) is 27.3 Å². The molecule has 4 nitrogen and oxygen atoms in total. The number of aromatic nitrogens is 2. The number of aromatic amines is 1. The molecule has 0 spiro atoms. The van der Waals surface area contributed by atoms with E-state index in [-0.39, 0.29) is 0 Å². The maximum absolute atomic E-state index is 5.95. The topological polar surface area (TPSA) is 57.9 Å². The monoisotopic (exact) mass is 244 g/mol. The Bertz CT molecular complexity index is 530. The summed E-state index contributed by atoms with van der Waals surface area (Å²) < 4.78 is 0. The molecule has 0 radical (unpaired) electrons. The van der Waals surface area contributed by atoms with Crippen molar-refractivity contribution in [1.29, 1.82) is 0 Å². The van der Waals surface area contributed by atoms with Crippen molar-refractivity contribution >= 4 is 11.6 Å². The van der Waals surface area contributed by atoms with Crippen LogP contribution in [0.2, 0.25) is 0 Å². The van der Waals surface area contributed by atoms with Gasteiger partial charge in [0.05, 0.1) is 0 Å². The number of rotatable bonds is 4. The van der Waals surface area contributed by atoms with E-state index in [9.17, 15) is 0 Å². The molecule has 1 aromatic heterocycles. The van der Waals surface area contributed by atoms with Crippen molar-refractivity contribution < 1.29 is 0 Å². The number of imidazole rings is 1. The minimum Gasteiger partial charge on any atom is -0.382 e. The molecule has 0 aliphatic rings. The first-order valence-electron chi connectivity index (χ1n) is 6.23. The van der Waals surface area contributed by atoms with Gasteiger partial charge >= 0.3 is 0 Å². The Kier molecular flexibility index (Phi) is 3.55. The molecule has 0 aliphatic heterocycles. The summed E-state index contributed by atoms with van der Waals surface area (Å²) in [6.07, 6.45) is 0. The third-order valence-electron chi connectivity index (χ3n) is 3.13. The summed E-state index contributed by atoms with van der Waals surface area (Å²) in [5.41, 5.74) is 8.55. The molecule has 4 heteroatoms. The van der Waals surface area contributed by atoms with Crippen molar-refractivity contribution in [3.8, 4) is 0 Å². The van der Waals surface area contributed by atoms with Gasteiger partial charge in [0.1, 0.15) is 11.6 Å². The highest BCUT2D eigenvalue weighted by Gasteiger charge is 2.13. The second-order valence-corrected chi connectivity index (χ2v) is 4.50. The highest BCUT2D eigenvalue weighted by Crippen LogP contribution is 2.22. The molecule has 0 unspecified atom stereocenters. The number of nitrogens with zero attached hydrogens (tertiary/aromatic N) is 2. The van der Waals surface area contributed by atoms with Gasteiger partial charge in [0.25, 0.3) is 0 Å². The van der Waals surface area contributed by atoms with E-state index in [2.05, 4.69) is 53.0 Å². The number of hydrogen-bond acceptors (Lipinski definition) is 3. The second kappa shape index (κ2) is 5.12. The zero-order chi connectivity index (χ0) is 13.1. The van der Waals surface area contributed by atoms with Crippen LogP contribution in [0.3, 0.4) is 0 Å². The fraction of sp³-hybridized carbons (Fsp3) is 0.357. The van der Waals surface area contributed by atoms with Gasteiger partial charge in [-0.15, -0.1) is 0 Å². The molecule has 0 saturated carbocycles. The van der Waals surface area contributed by atoms with E-state index in [0.717, 1.165) is 24.7 Å². The average molecular weight is 244 g/mol. The Hall–Kier alpha value is -1.97. The highest BCUT2D eigenvalue weighted by atomic mass is 15.2. The van der Waals surface area contributed by atoms with E-state index >= 15 is 0 Å². The third-order valence-corrected chi connectivity index (χ3v) is 3.13. The number of aryl methyl sites for hydroxylation is 2. The summed E-state index contributed by atoms with van der Waals surface area (Å²) in [5.74, 6) is 2.34. The van der Waals surface area contributed by atoms with Crippen molar-refractivity contribution in [1.82, 2.24) is 9.97 Å². The van der Waals surface area contributed by atoms with Gasteiger partial charge in [-0.2, -0.15) is 0 Å². The fourth-order valence-electron chi connectivity index (χ4n) is 2.07. The Morgan fingerprint density at radius 3 is 2.56 bits per heavy atom. The molecule has 0 saturated heterocycles. The summed E-state index contributed by atoms with van der Waals surface area (Å²) in [4.78, 5) is 9.68. The molecule has 3 N–H and O–H groups in total. The molecule has 0 bridgehead atoms. The molecule has 0 atom stereocenters. The van der Waals surface area contributed by atoms with Crippen LogP contribution in [0.4, 0.5) is 11.6 Å². The van der Waals surface area contributed by atoms with E-state index in [1.54, 1.807) is 0 Å². The van der Waals surface area contributed by atoms with Gasteiger partial charge < -0.3 is 15.6 Å². The zero-order valence-electron chi connectivity index (χ0n) is 11.2. The molecule has 1 aromatic carbocycles. The van der Waals surface area contributed by atoms with Gasteiger partial charge in [-0.1, -0.05) is 24.3 Å². The van der Waals surface area contributed by atoms with Gasteiger partial charge in [-0.25, -0.2) is 4.98 Å². The molecule has 0 fully saturated rings. The van der Waals surface area contributed by atoms with Gasteiger partial charge in [-0.3, -0.25) is 0 Å². The molecule has 2 aromatic rings. The predicted molar refractivity (Wildman–Crippen MR) is 75.6 cm³/mol. The largest absolute Gasteiger partial charge is 0.382 e. The van der Waals surface area contributed by atoms with Crippen LogP contribution < -0.4 is 10.6 Å². The molecule has 1 heterocycles. The van der Waals surface area contributed by atoms with Gasteiger partial charge in [0, 0.05) is 13.1 Å². The number of nitrogens with two attached hydrogens (primary N) is 1. The molecule has 0 amide bonds. The maximum Gasteiger partial charge on any atom is 0.171 e. The van der Waals surface area contributed by atoms with Crippen LogP contribution in [0, 0.1) is 13.8 Å². The number of nitrogen functional groups attached to an aromatic ring is 1. The number of benzene rings is 1. The van der Waals surface area contributed by atoms with Crippen LogP contribution in [0.1, 0.15) is 23.9 Å². The lowest BCUT2D eigenvalue weighted by atomic mass is 10.1. The van der Waals surface area contributed by atoms with Gasteiger partial charge in [0.2, 0.25) is 0 Å².